The first-order valence-electron chi connectivity index (χ1n) is 8.22. The van der Waals surface area contributed by atoms with E-state index in [2.05, 4.69) is 20.9 Å². The fourth-order valence-corrected chi connectivity index (χ4v) is 4.64. The summed E-state index contributed by atoms with van der Waals surface area (Å²) in [5.74, 6) is 0.363. The van der Waals surface area contributed by atoms with Crippen LogP contribution in [0.3, 0.4) is 0 Å². The molecule has 0 bridgehead atoms. The lowest BCUT2D eigenvalue weighted by Crippen LogP contribution is -2.32. The minimum absolute atomic E-state index is 0.110. The van der Waals surface area contributed by atoms with E-state index in [0.29, 0.717) is 5.88 Å². The largest absolute Gasteiger partial charge is 0.481 e. The van der Waals surface area contributed by atoms with Gasteiger partial charge in [0.1, 0.15) is 4.90 Å². The number of pyridine rings is 1. The SMILES string of the molecule is COc1ccc(S(=O)(=O)N(C)C(c2ccccc2)c2ccccc2Br)cn1. The van der Waals surface area contributed by atoms with Crippen molar-refractivity contribution in [2.45, 2.75) is 10.9 Å². The zero-order chi connectivity index (χ0) is 19.4. The molecule has 0 aliphatic carbocycles. The Hall–Kier alpha value is -2.22. The summed E-state index contributed by atoms with van der Waals surface area (Å²) in [5.41, 5.74) is 1.73. The molecule has 1 unspecified atom stereocenters. The van der Waals surface area contributed by atoms with Crippen LogP contribution in [0.4, 0.5) is 0 Å². The van der Waals surface area contributed by atoms with Gasteiger partial charge in [0, 0.05) is 17.6 Å². The fraction of sp³-hybridized carbons (Fsp3) is 0.150. The molecule has 0 radical (unpaired) electrons. The van der Waals surface area contributed by atoms with Crippen LogP contribution in [0.2, 0.25) is 0 Å². The maximum Gasteiger partial charge on any atom is 0.245 e. The molecule has 0 aliphatic rings. The molecule has 0 amide bonds. The molecular formula is C20H19BrN2O3S. The van der Waals surface area contributed by atoms with Crippen LogP contribution in [-0.2, 0) is 10.0 Å². The molecule has 2 aromatic carbocycles. The van der Waals surface area contributed by atoms with Crippen molar-refractivity contribution < 1.29 is 13.2 Å². The highest BCUT2D eigenvalue weighted by Gasteiger charge is 2.31. The van der Waals surface area contributed by atoms with E-state index in [1.165, 1.54) is 29.7 Å². The summed E-state index contributed by atoms with van der Waals surface area (Å²) >= 11 is 3.55. The maximum absolute atomic E-state index is 13.3. The number of halogens is 1. The second kappa shape index (κ2) is 8.21. The number of aromatic nitrogens is 1. The number of nitrogens with zero attached hydrogens (tertiary/aromatic N) is 2. The molecule has 0 spiro atoms. The highest BCUT2D eigenvalue weighted by molar-refractivity contribution is 9.10. The standard InChI is InChI=1S/C20H19BrN2O3S/c1-23(27(24,25)16-12-13-19(26-2)22-14-16)20(15-8-4-3-5-9-15)17-10-6-7-11-18(17)21/h3-14,20H,1-2H3. The molecule has 1 atom stereocenters. The summed E-state index contributed by atoms with van der Waals surface area (Å²) in [6, 6.07) is 19.7. The van der Waals surface area contributed by atoms with Crippen molar-refractivity contribution in [1.82, 2.24) is 9.29 Å². The second-order valence-corrected chi connectivity index (χ2v) is 8.74. The molecular weight excluding hydrogens is 428 g/mol. The number of hydrogen-bond acceptors (Lipinski definition) is 4. The molecule has 0 fully saturated rings. The van der Waals surface area contributed by atoms with Crippen LogP contribution in [0.25, 0.3) is 0 Å². The lowest BCUT2D eigenvalue weighted by Gasteiger charge is -2.29. The molecule has 7 heteroatoms. The Kier molecular flexibility index (Phi) is 5.94. The van der Waals surface area contributed by atoms with E-state index in [1.54, 1.807) is 7.05 Å². The van der Waals surface area contributed by atoms with Crippen molar-refractivity contribution in [1.29, 1.82) is 0 Å². The van der Waals surface area contributed by atoms with Crippen LogP contribution < -0.4 is 4.74 Å². The lowest BCUT2D eigenvalue weighted by molar-refractivity contribution is 0.396. The molecule has 0 N–H and O–H groups in total. The van der Waals surface area contributed by atoms with Crippen LogP contribution in [0.1, 0.15) is 17.2 Å². The first-order valence-corrected chi connectivity index (χ1v) is 10.5. The Labute approximate surface area is 167 Å². The van der Waals surface area contributed by atoms with Gasteiger partial charge in [0.25, 0.3) is 0 Å². The van der Waals surface area contributed by atoms with Gasteiger partial charge in [-0.3, -0.25) is 0 Å². The summed E-state index contributed by atoms with van der Waals surface area (Å²) in [5, 5.41) is 0. The first-order chi connectivity index (χ1) is 12.9. The highest BCUT2D eigenvalue weighted by atomic mass is 79.9. The van der Waals surface area contributed by atoms with Crippen LogP contribution in [0.5, 0.6) is 5.88 Å². The Bertz CT molecular complexity index is 1010. The van der Waals surface area contributed by atoms with Gasteiger partial charge in [0.15, 0.2) is 0 Å². The Morgan fingerprint density at radius 3 is 2.26 bits per heavy atom. The summed E-state index contributed by atoms with van der Waals surface area (Å²) in [4.78, 5) is 4.14. The first kappa shape index (κ1) is 19.5. The topological polar surface area (TPSA) is 59.5 Å². The minimum atomic E-state index is -3.78. The molecule has 1 aromatic heterocycles. The molecule has 1 heterocycles. The lowest BCUT2D eigenvalue weighted by atomic mass is 9.99. The summed E-state index contributed by atoms with van der Waals surface area (Å²) in [7, 11) is -0.715. The average molecular weight is 447 g/mol. The molecule has 3 aromatic rings. The molecule has 140 valence electrons. The molecule has 0 aliphatic heterocycles. The van der Waals surface area contributed by atoms with Gasteiger partial charge in [-0.2, -0.15) is 4.31 Å². The van der Waals surface area contributed by atoms with E-state index in [-0.39, 0.29) is 4.90 Å². The van der Waals surface area contributed by atoms with Crippen molar-refractivity contribution in [2.24, 2.45) is 0 Å². The summed E-state index contributed by atoms with van der Waals surface area (Å²) < 4.78 is 33.7. The van der Waals surface area contributed by atoms with Crippen molar-refractivity contribution in [2.75, 3.05) is 14.2 Å². The number of rotatable bonds is 6. The summed E-state index contributed by atoms with van der Waals surface area (Å²) in [6.45, 7) is 0. The van der Waals surface area contributed by atoms with Gasteiger partial charge in [-0.05, 0) is 23.3 Å². The van der Waals surface area contributed by atoms with Crippen molar-refractivity contribution in [3.05, 3.63) is 88.5 Å². The van der Waals surface area contributed by atoms with E-state index in [0.717, 1.165) is 15.6 Å². The molecule has 5 nitrogen and oxygen atoms in total. The number of hydrogen-bond donors (Lipinski definition) is 0. The van der Waals surface area contributed by atoms with Crippen LogP contribution in [0.15, 0.2) is 82.3 Å². The quantitative estimate of drug-likeness (QED) is 0.567. The monoisotopic (exact) mass is 446 g/mol. The third-order valence-electron chi connectivity index (χ3n) is 4.27. The average Bonchev–Trinajstić information content (AvgIpc) is 2.70. The van der Waals surface area contributed by atoms with Crippen molar-refractivity contribution >= 4 is 26.0 Å². The van der Waals surface area contributed by atoms with Crippen LogP contribution in [0, 0.1) is 0 Å². The fourth-order valence-electron chi connectivity index (χ4n) is 2.86. The van der Waals surface area contributed by atoms with Crippen molar-refractivity contribution in [3.63, 3.8) is 0 Å². The van der Waals surface area contributed by atoms with Gasteiger partial charge in [-0.1, -0.05) is 64.5 Å². The molecule has 0 saturated heterocycles. The zero-order valence-corrected chi connectivity index (χ0v) is 17.3. The van der Waals surface area contributed by atoms with Gasteiger partial charge in [0.05, 0.1) is 19.3 Å². The van der Waals surface area contributed by atoms with Crippen molar-refractivity contribution in [3.8, 4) is 5.88 Å². The third-order valence-corrected chi connectivity index (χ3v) is 6.80. The van der Waals surface area contributed by atoms with E-state index in [1.807, 2.05) is 54.6 Å². The molecule has 27 heavy (non-hydrogen) atoms. The molecule has 3 rings (SSSR count). The van der Waals surface area contributed by atoms with Gasteiger partial charge in [0.2, 0.25) is 15.9 Å². The minimum Gasteiger partial charge on any atom is -0.481 e. The smallest absolute Gasteiger partial charge is 0.245 e. The Balaban J connectivity index is 2.10. The number of sulfonamides is 1. The highest BCUT2D eigenvalue weighted by Crippen LogP contribution is 2.35. The van der Waals surface area contributed by atoms with E-state index < -0.39 is 16.1 Å². The van der Waals surface area contributed by atoms with Gasteiger partial charge >= 0.3 is 0 Å². The van der Waals surface area contributed by atoms with Gasteiger partial charge in [-0.15, -0.1) is 0 Å². The predicted molar refractivity (Wildman–Crippen MR) is 108 cm³/mol. The third kappa shape index (κ3) is 4.05. The number of ether oxygens (including phenoxy) is 1. The second-order valence-electron chi connectivity index (χ2n) is 5.89. The van der Waals surface area contributed by atoms with Gasteiger partial charge < -0.3 is 4.74 Å². The Morgan fingerprint density at radius 1 is 1.00 bits per heavy atom. The molecule has 0 saturated carbocycles. The predicted octanol–water partition coefficient (Wildman–Crippen LogP) is 4.26. The zero-order valence-electron chi connectivity index (χ0n) is 14.9. The van der Waals surface area contributed by atoms with E-state index in [9.17, 15) is 8.42 Å². The van der Waals surface area contributed by atoms with Crippen LogP contribution >= 0.6 is 15.9 Å². The van der Waals surface area contributed by atoms with Crippen LogP contribution in [-0.4, -0.2) is 31.9 Å². The van der Waals surface area contributed by atoms with E-state index >= 15 is 0 Å². The normalized spacial score (nSPS) is 12.7. The van der Waals surface area contributed by atoms with Gasteiger partial charge in [-0.25, -0.2) is 13.4 Å². The number of methoxy groups -OCH3 is 1. The summed E-state index contributed by atoms with van der Waals surface area (Å²) in [6.07, 6.45) is 1.31. The maximum atomic E-state index is 13.3. The Morgan fingerprint density at radius 2 is 1.67 bits per heavy atom. The number of benzene rings is 2. The van der Waals surface area contributed by atoms with E-state index in [4.69, 9.17) is 4.74 Å².